The van der Waals surface area contributed by atoms with Gasteiger partial charge in [-0.15, -0.1) is 0 Å². The summed E-state index contributed by atoms with van der Waals surface area (Å²) < 4.78 is 0. The summed E-state index contributed by atoms with van der Waals surface area (Å²) in [6.07, 6.45) is 1.65. The minimum absolute atomic E-state index is 0.0823. The Balaban J connectivity index is 2.44. The van der Waals surface area contributed by atoms with Crippen LogP contribution in [-0.4, -0.2) is 91.5 Å². The molecule has 0 unspecified atom stereocenters. The Morgan fingerprint density at radius 2 is 1.95 bits per heavy atom. The first-order valence-corrected chi connectivity index (χ1v) is 7.42. The average molecular weight is 299 g/mol. The summed E-state index contributed by atoms with van der Waals surface area (Å²) in [7, 11) is 5.58. The van der Waals surface area contributed by atoms with E-state index in [0.717, 1.165) is 26.2 Å². The predicted molar refractivity (Wildman–Crippen MR) is 84.0 cm³/mol. The minimum atomic E-state index is -0.795. The number of carbonyl (C=O) groups excluding carboxylic acids is 1. The van der Waals surface area contributed by atoms with Crippen LogP contribution in [0.2, 0.25) is 0 Å². The lowest BCUT2D eigenvalue weighted by Gasteiger charge is -2.31. The van der Waals surface area contributed by atoms with Gasteiger partial charge in [-0.1, -0.05) is 6.92 Å². The molecule has 3 N–H and O–H groups in total. The molecule has 1 fully saturated rings. The molecule has 0 aliphatic carbocycles. The van der Waals surface area contributed by atoms with Crippen molar-refractivity contribution in [3.8, 4) is 0 Å². The van der Waals surface area contributed by atoms with Gasteiger partial charge in [0.15, 0.2) is 0 Å². The maximum Gasteiger partial charge on any atom is 0.237 e. The van der Waals surface area contributed by atoms with Crippen LogP contribution in [0, 0.1) is 5.92 Å². The first-order valence-electron chi connectivity index (χ1n) is 7.42. The van der Waals surface area contributed by atoms with E-state index in [4.69, 9.17) is 5.73 Å². The third kappa shape index (κ3) is 5.61. The van der Waals surface area contributed by atoms with Gasteiger partial charge in [-0.05, 0) is 33.5 Å². The molecule has 0 aromatic rings. The van der Waals surface area contributed by atoms with Crippen LogP contribution in [0.3, 0.4) is 0 Å². The van der Waals surface area contributed by atoms with Crippen molar-refractivity contribution in [3.63, 3.8) is 0 Å². The summed E-state index contributed by atoms with van der Waals surface area (Å²) in [5.41, 5.74) is 5.35. The molecule has 1 rings (SSSR count). The highest BCUT2D eigenvalue weighted by Crippen LogP contribution is 2.14. The second kappa shape index (κ2) is 8.31. The second-order valence-corrected chi connectivity index (χ2v) is 6.07. The van der Waals surface area contributed by atoms with Crippen LogP contribution in [0.1, 0.15) is 13.3 Å². The van der Waals surface area contributed by atoms with Crippen LogP contribution in [0.5, 0.6) is 0 Å². The zero-order valence-electron chi connectivity index (χ0n) is 13.6. The molecular weight excluding hydrogens is 270 g/mol. The van der Waals surface area contributed by atoms with E-state index in [-0.39, 0.29) is 5.92 Å². The second-order valence-electron chi connectivity index (χ2n) is 6.07. The number of hydrogen-bond acceptors (Lipinski definition) is 6. The number of primary amides is 1. The van der Waals surface area contributed by atoms with E-state index in [0.29, 0.717) is 6.42 Å². The van der Waals surface area contributed by atoms with E-state index >= 15 is 0 Å². The fourth-order valence-corrected chi connectivity index (χ4v) is 2.42. The zero-order valence-corrected chi connectivity index (χ0v) is 13.6. The van der Waals surface area contributed by atoms with Crippen LogP contribution >= 0.6 is 0 Å². The number of nitrogens with two attached hydrogens (primary N) is 1. The van der Waals surface area contributed by atoms with Gasteiger partial charge in [0.05, 0.1) is 6.10 Å². The van der Waals surface area contributed by atoms with Crippen molar-refractivity contribution in [3.05, 3.63) is 0 Å². The minimum Gasteiger partial charge on any atom is -0.391 e. The Morgan fingerprint density at radius 3 is 2.43 bits per heavy atom. The summed E-state index contributed by atoms with van der Waals surface area (Å²) in [6.45, 7) is 5.77. The Labute approximate surface area is 127 Å². The summed E-state index contributed by atoms with van der Waals surface area (Å²) >= 11 is 0. The zero-order chi connectivity index (χ0) is 16.0. The molecule has 1 heterocycles. The van der Waals surface area contributed by atoms with E-state index < -0.39 is 18.1 Å². The van der Waals surface area contributed by atoms with Gasteiger partial charge in [0, 0.05) is 32.4 Å². The molecule has 1 aliphatic heterocycles. The van der Waals surface area contributed by atoms with Gasteiger partial charge in [-0.3, -0.25) is 14.7 Å². The van der Waals surface area contributed by atoms with E-state index in [1.54, 1.807) is 19.0 Å². The normalized spacial score (nSPS) is 21.7. The summed E-state index contributed by atoms with van der Waals surface area (Å²) in [5, 5.41) is 16.7. The van der Waals surface area contributed by atoms with Gasteiger partial charge in [-0.25, -0.2) is 0 Å². The number of amides is 1. The average Bonchev–Trinajstić information content (AvgIpc) is 2.40. The van der Waals surface area contributed by atoms with Crippen molar-refractivity contribution in [2.75, 3.05) is 47.3 Å². The summed E-state index contributed by atoms with van der Waals surface area (Å²) in [4.78, 5) is 15.3. The molecule has 0 saturated carbocycles. The SMILES string of the molecule is C[C@H](C/C=N/N1CCN(C)CC1)[C@@H](O)[C@H](C(N)=O)N(C)C. The lowest BCUT2D eigenvalue weighted by atomic mass is 9.94. The van der Waals surface area contributed by atoms with Crippen molar-refractivity contribution in [1.82, 2.24) is 14.8 Å². The quantitative estimate of drug-likeness (QED) is 0.590. The number of hydrogen-bond donors (Lipinski definition) is 2. The first kappa shape index (κ1) is 17.9. The molecule has 0 aromatic heterocycles. The smallest absolute Gasteiger partial charge is 0.237 e. The number of hydrazone groups is 1. The molecular formula is C14H29N5O2. The van der Waals surface area contributed by atoms with Crippen molar-refractivity contribution in [2.45, 2.75) is 25.5 Å². The Hall–Kier alpha value is -1.18. The Kier molecular flexibility index (Phi) is 7.07. The number of piperazine rings is 1. The van der Waals surface area contributed by atoms with E-state index in [9.17, 15) is 9.90 Å². The fourth-order valence-electron chi connectivity index (χ4n) is 2.42. The largest absolute Gasteiger partial charge is 0.391 e. The van der Waals surface area contributed by atoms with Gasteiger partial charge in [0.2, 0.25) is 5.91 Å². The number of aliphatic hydroxyl groups is 1. The van der Waals surface area contributed by atoms with Crippen LogP contribution in [0.4, 0.5) is 0 Å². The monoisotopic (exact) mass is 299 g/mol. The van der Waals surface area contributed by atoms with E-state index in [2.05, 4.69) is 17.0 Å². The molecule has 122 valence electrons. The molecule has 0 spiro atoms. The lowest BCUT2D eigenvalue weighted by Crippen LogP contribution is -2.51. The first-order chi connectivity index (χ1) is 9.82. The van der Waals surface area contributed by atoms with Crippen molar-refractivity contribution in [1.29, 1.82) is 0 Å². The lowest BCUT2D eigenvalue weighted by molar-refractivity contribution is -0.127. The molecule has 1 aliphatic rings. The highest BCUT2D eigenvalue weighted by Gasteiger charge is 2.30. The molecule has 7 heteroatoms. The number of carbonyl (C=O) groups is 1. The molecule has 0 bridgehead atoms. The standard InChI is InChI=1S/C14H29N5O2/c1-11(13(20)12(14(15)21)17(2)3)5-6-16-19-9-7-18(4)8-10-19/h6,11-13,20H,5,7-10H2,1-4H3,(H2,15,21)/b16-6+/t11-,12-,13-/m1/s1. The highest BCUT2D eigenvalue weighted by molar-refractivity contribution is 5.80. The topological polar surface area (TPSA) is 85.4 Å². The maximum atomic E-state index is 11.4. The van der Waals surface area contributed by atoms with Crippen LogP contribution in [-0.2, 0) is 4.79 Å². The highest BCUT2D eigenvalue weighted by atomic mass is 16.3. The molecule has 7 nitrogen and oxygen atoms in total. The fraction of sp³-hybridized carbons (Fsp3) is 0.857. The number of aliphatic hydroxyl groups excluding tert-OH is 1. The van der Waals surface area contributed by atoms with Crippen molar-refractivity contribution < 1.29 is 9.90 Å². The number of nitrogens with zero attached hydrogens (tertiary/aromatic N) is 4. The molecule has 1 saturated heterocycles. The summed E-state index contributed by atoms with van der Waals surface area (Å²) in [5.74, 6) is -0.587. The van der Waals surface area contributed by atoms with Crippen molar-refractivity contribution in [2.24, 2.45) is 16.8 Å². The van der Waals surface area contributed by atoms with Gasteiger partial charge >= 0.3 is 0 Å². The number of rotatable bonds is 7. The predicted octanol–water partition coefficient (Wildman–Crippen LogP) is -0.978. The molecule has 0 aromatic carbocycles. The van der Waals surface area contributed by atoms with Crippen LogP contribution < -0.4 is 5.73 Å². The Bertz CT molecular complexity index is 353. The third-order valence-corrected chi connectivity index (χ3v) is 3.96. The molecule has 0 radical (unpaired) electrons. The van der Waals surface area contributed by atoms with E-state index in [1.165, 1.54) is 0 Å². The van der Waals surface area contributed by atoms with Gasteiger partial charge in [0.25, 0.3) is 0 Å². The van der Waals surface area contributed by atoms with Gasteiger partial charge < -0.3 is 15.7 Å². The Morgan fingerprint density at radius 1 is 1.38 bits per heavy atom. The molecule has 3 atom stereocenters. The number of likely N-dealkylation sites (N-methyl/N-ethyl adjacent to an activating group) is 2. The van der Waals surface area contributed by atoms with Gasteiger partial charge in [0.1, 0.15) is 6.04 Å². The van der Waals surface area contributed by atoms with E-state index in [1.807, 2.05) is 18.1 Å². The van der Waals surface area contributed by atoms with Crippen LogP contribution in [0.15, 0.2) is 5.10 Å². The third-order valence-electron chi connectivity index (χ3n) is 3.96. The van der Waals surface area contributed by atoms with Crippen molar-refractivity contribution >= 4 is 12.1 Å². The van der Waals surface area contributed by atoms with Gasteiger partial charge in [-0.2, -0.15) is 5.10 Å². The van der Waals surface area contributed by atoms with Crippen LogP contribution in [0.25, 0.3) is 0 Å². The molecule has 1 amide bonds. The summed E-state index contributed by atoms with van der Waals surface area (Å²) in [6, 6.07) is -0.669. The molecule has 21 heavy (non-hydrogen) atoms. The maximum absolute atomic E-state index is 11.4.